The SMILES string of the molecule is COc1ccc(NC(=S)N(Cc2cccnc2)Cc2ccccn2)cc1. The summed E-state index contributed by atoms with van der Waals surface area (Å²) in [5.41, 5.74) is 2.95. The molecule has 132 valence electrons. The molecule has 0 aliphatic rings. The third-order valence-electron chi connectivity index (χ3n) is 3.80. The standard InChI is InChI=1S/C20H20N4OS/c1-25-19-9-7-17(8-10-19)23-20(26)24(14-16-5-4-11-21-13-16)15-18-6-2-3-12-22-18/h2-13H,14-15H2,1H3,(H,23,26). The lowest BCUT2D eigenvalue weighted by Crippen LogP contribution is -2.34. The zero-order valence-electron chi connectivity index (χ0n) is 14.5. The third-order valence-corrected chi connectivity index (χ3v) is 4.16. The van der Waals surface area contributed by atoms with Gasteiger partial charge >= 0.3 is 0 Å². The second kappa shape index (κ2) is 8.92. The molecule has 2 heterocycles. The number of benzene rings is 1. The zero-order chi connectivity index (χ0) is 18.2. The van der Waals surface area contributed by atoms with Gasteiger partial charge in [-0.1, -0.05) is 12.1 Å². The fourth-order valence-corrected chi connectivity index (χ4v) is 2.72. The number of nitrogens with zero attached hydrogens (tertiary/aromatic N) is 3. The minimum atomic E-state index is 0.609. The molecule has 0 spiro atoms. The fourth-order valence-electron chi connectivity index (χ4n) is 2.48. The van der Waals surface area contributed by atoms with Gasteiger partial charge < -0.3 is 15.0 Å². The third kappa shape index (κ3) is 5.00. The lowest BCUT2D eigenvalue weighted by atomic mass is 10.2. The van der Waals surface area contributed by atoms with E-state index in [2.05, 4.69) is 20.2 Å². The summed E-state index contributed by atoms with van der Waals surface area (Å²) >= 11 is 5.65. The van der Waals surface area contributed by atoms with Crippen molar-refractivity contribution < 1.29 is 4.74 Å². The fraction of sp³-hybridized carbons (Fsp3) is 0.150. The second-order valence-corrected chi connectivity index (χ2v) is 6.08. The summed E-state index contributed by atoms with van der Waals surface area (Å²) in [7, 11) is 1.65. The molecule has 0 saturated heterocycles. The Bertz CT molecular complexity index is 784. The van der Waals surface area contributed by atoms with Crippen molar-refractivity contribution in [3.8, 4) is 5.75 Å². The van der Waals surface area contributed by atoms with Gasteiger partial charge in [-0.15, -0.1) is 0 Å². The molecule has 0 amide bonds. The Morgan fingerprint density at radius 1 is 1.04 bits per heavy atom. The summed E-state index contributed by atoms with van der Waals surface area (Å²) in [6, 6.07) is 17.5. The van der Waals surface area contributed by atoms with Crippen molar-refractivity contribution in [2.24, 2.45) is 0 Å². The van der Waals surface area contributed by atoms with Crippen molar-refractivity contribution in [2.45, 2.75) is 13.1 Å². The predicted octanol–water partition coefficient (Wildman–Crippen LogP) is 3.88. The van der Waals surface area contributed by atoms with Crippen LogP contribution in [0.4, 0.5) is 5.69 Å². The molecule has 0 aliphatic carbocycles. The summed E-state index contributed by atoms with van der Waals surface area (Å²) in [4.78, 5) is 10.7. The number of ether oxygens (including phenoxy) is 1. The highest BCUT2D eigenvalue weighted by Gasteiger charge is 2.12. The van der Waals surface area contributed by atoms with Gasteiger partial charge in [0.2, 0.25) is 0 Å². The van der Waals surface area contributed by atoms with Gasteiger partial charge in [0.05, 0.1) is 19.3 Å². The Morgan fingerprint density at radius 2 is 1.88 bits per heavy atom. The number of nitrogens with one attached hydrogen (secondary N) is 1. The molecule has 0 bridgehead atoms. The van der Waals surface area contributed by atoms with Crippen molar-refractivity contribution in [1.29, 1.82) is 0 Å². The van der Waals surface area contributed by atoms with Crippen LogP contribution in [0.3, 0.4) is 0 Å². The van der Waals surface area contributed by atoms with Crippen molar-refractivity contribution in [3.63, 3.8) is 0 Å². The summed E-state index contributed by atoms with van der Waals surface area (Å²) in [6.07, 6.45) is 5.40. The highest BCUT2D eigenvalue weighted by atomic mass is 32.1. The number of thiocarbonyl (C=S) groups is 1. The Hall–Kier alpha value is -2.99. The molecule has 3 rings (SSSR count). The normalized spacial score (nSPS) is 10.2. The van der Waals surface area contributed by atoms with Crippen LogP contribution in [0, 0.1) is 0 Å². The first-order chi connectivity index (χ1) is 12.7. The summed E-state index contributed by atoms with van der Waals surface area (Å²) in [5.74, 6) is 0.808. The summed E-state index contributed by atoms with van der Waals surface area (Å²) < 4.78 is 5.19. The maximum Gasteiger partial charge on any atom is 0.174 e. The van der Waals surface area contributed by atoms with E-state index in [9.17, 15) is 0 Å². The van der Waals surface area contributed by atoms with Crippen LogP contribution >= 0.6 is 12.2 Å². The van der Waals surface area contributed by atoms with Gasteiger partial charge in [0.25, 0.3) is 0 Å². The first kappa shape index (κ1) is 17.8. The molecular weight excluding hydrogens is 344 g/mol. The van der Waals surface area contributed by atoms with Crippen LogP contribution in [0.2, 0.25) is 0 Å². The zero-order valence-corrected chi connectivity index (χ0v) is 15.3. The molecule has 0 fully saturated rings. The van der Waals surface area contributed by atoms with Crippen molar-refractivity contribution >= 4 is 23.0 Å². The molecule has 1 aromatic carbocycles. The van der Waals surface area contributed by atoms with E-state index >= 15 is 0 Å². The van der Waals surface area contributed by atoms with E-state index < -0.39 is 0 Å². The van der Waals surface area contributed by atoms with Gasteiger partial charge in [-0.25, -0.2) is 0 Å². The van der Waals surface area contributed by atoms with Gasteiger partial charge in [-0.05, 0) is 60.2 Å². The summed E-state index contributed by atoms with van der Waals surface area (Å²) in [6.45, 7) is 1.25. The van der Waals surface area contributed by atoms with Gasteiger partial charge in [-0.3, -0.25) is 9.97 Å². The molecule has 0 unspecified atom stereocenters. The van der Waals surface area contributed by atoms with Crippen LogP contribution in [0.5, 0.6) is 5.75 Å². The van der Waals surface area contributed by atoms with E-state index in [0.717, 1.165) is 22.7 Å². The number of rotatable bonds is 6. The van der Waals surface area contributed by atoms with Crippen LogP contribution in [0.25, 0.3) is 0 Å². The number of hydrogen-bond acceptors (Lipinski definition) is 4. The number of methoxy groups -OCH3 is 1. The second-order valence-electron chi connectivity index (χ2n) is 5.70. The van der Waals surface area contributed by atoms with E-state index in [0.29, 0.717) is 18.2 Å². The molecule has 0 aliphatic heterocycles. The highest BCUT2D eigenvalue weighted by molar-refractivity contribution is 7.80. The van der Waals surface area contributed by atoms with Crippen molar-refractivity contribution in [3.05, 3.63) is 84.4 Å². The Morgan fingerprint density at radius 3 is 2.54 bits per heavy atom. The molecule has 1 N–H and O–H groups in total. The molecule has 0 radical (unpaired) electrons. The topological polar surface area (TPSA) is 50.3 Å². The number of hydrogen-bond donors (Lipinski definition) is 1. The minimum absolute atomic E-state index is 0.609. The smallest absolute Gasteiger partial charge is 0.174 e. The highest BCUT2D eigenvalue weighted by Crippen LogP contribution is 2.17. The first-order valence-electron chi connectivity index (χ1n) is 8.23. The van der Waals surface area contributed by atoms with E-state index in [4.69, 9.17) is 17.0 Å². The molecule has 2 aromatic heterocycles. The Kier molecular flexibility index (Phi) is 6.11. The van der Waals surface area contributed by atoms with Gasteiger partial charge in [0.1, 0.15) is 5.75 Å². The Balaban J connectivity index is 1.75. The van der Waals surface area contributed by atoms with E-state index in [-0.39, 0.29) is 0 Å². The molecule has 0 atom stereocenters. The van der Waals surface area contributed by atoms with Crippen LogP contribution in [0.15, 0.2) is 73.2 Å². The minimum Gasteiger partial charge on any atom is -0.497 e. The average molecular weight is 364 g/mol. The predicted molar refractivity (Wildman–Crippen MR) is 107 cm³/mol. The van der Waals surface area contributed by atoms with Gasteiger partial charge in [-0.2, -0.15) is 0 Å². The van der Waals surface area contributed by atoms with Crippen LogP contribution in [0.1, 0.15) is 11.3 Å². The van der Waals surface area contributed by atoms with Crippen molar-refractivity contribution in [1.82, 2.24) is 14.9 Å². The quantitative estimate of drug-likeness (QED) is 0.670. The molecule has 6 heteroatoms. The summed E-state index contributed by atoms with van der Waals surface area (Å²) in [5, 5.41) is 3.92. The van der Waals surface area contributed by atoms with Crippen LogP contribution in [-0.2, 0) is 13.1 Å². The van der Waals surface area contributed by atoms with E-state index in [1.807, 2.05) is 60.8 Å². The molecular formula is C20H20N4OS. The monoisotopic (exact) mass is 364 g/mol. The first-order valence-corrected chi connectivity index (χ1v) is 8.64. The van der Waals surface area contributed by atoms with Crippen LogP contribution < -0.4 is 10.1 Å². The average Bonchev–Trinajstić information content (AvgIpc) is 2.69. The lowest BCUT2D eigenvalue weighted by Gasteiger charge is -2.25. The van der Waals surface area contributed by atoms with E-state index in [1.165, 1.54) is 0 Å². The number of anilines is 1. The maximum atomic E-state index is 5.65. The molecule has 3 aromatic rings. The Labute approximate surface area is 158 Å². The van der Waals surface area contributed by atoms with Gasteiger partial charge in [0.15, 0.2) is 5.11 Å². The molecule has 26 heavy (non-hydrogen) atoms. The molecule has 5 nitrogen and oxygen atoms in total. The molecule has 0 saturated carbocycles. The number of pyridine rings is 2. The largest absolute Gasteiger partial charge is 0.497 e. The number of aromatic nitrogens is 2. The van der Waals surface area contributed by atoms with E-state index in [1.54, 1.807) is 19.5 Å². The van der Waals surface area contributed by atoms with Crippen molar-refractivity contribution in [2.75, 3.05) is 12.4 Å². The van der Waals surface area contributed by atoms with Gasteiger partial charge in [0, 0.05) is 30.8 Å². The van der Waals surface area contributed by atoms with Crippen LogP contribution in [-0.4, -0.2) is 27.1 Å². The lowest BCUT2D eigenvalue weighted by molar-refractivity contribution is 0.406. The maximum absolute atomic E-state index is 5.65.